The second kappa shape index (κ2) is 5.56. The van der Waals surface area contributed by atoms with Crippen molar-refractivity contribution < 1.29 is 8.42 Å². The lowest BCUT2D eigenvalue weighted by Crippen LogP contribution is -2.15. The number of benzene rings is 1. The molecule has 102 valence electrons. The zero-order valence-corrected chi connectivity index (χ0v) is 11.5. The molecule has 6 heteroatoms. The molecule has 0 fully saturated rings. The molecule has 19 heavy (non-hydrogen) atoms. The van der Waals surface area contributed by atoms with Crippen molar-refractivity contribution in [2.75, 3.05) is 0 Å². The summed E-state index contributed by atoms with van der Waals surface area (Å²) < 4.78 is 24.3. The molecule has 0 unspecified atom stereocenters. The first-order valence-electron chi connectivity index (χ1n) is 5.89. The molecular weight excluding hydrogens is 262 g/mol. The standard InChI is InChI=1S/C13H17N3O2S/c1-16-8-2-3-12(16)10-15-9-11-4-6-13(7-5-11)19(14,17)18/h2-8,15H,9-10H2,1H3,(H2,14,17,18). The van der Waals surface area contributed by atoms with E-state index < -0.39 is 10.0 Å². The van der Waals surface area contributed by atoms with Gasteiger partial charge in [-0.15, -0.1) is 0 Å². The first-order valence-corrected chi connectivity index (χ1v) is 7.44. The molecule has 0 saturated heterocycles. The summed E-state index contributed by atoms with van der Waals surface area (Å²) in [5, 5.41) is 8.34. The quantitative estimate of drug-likeness (QED) is 0.856. The number of hydrogen-bond donors (Lipinski definition) is 2. The lowest BCUT2D eigenvalue weighted by Gasteiger charge is -2.07. The molecule has 0 saturated carbocycles. The number of hydrogen-bond acceptors (Lipinski definition) is 3. The summed E-state index contributed by atoms with van der Waals surface area (Å²) in [6.45, 7) is 1.44. The molecule has 0 aliphatic heterocycles. The van der Waals surface area contributed by atoms with Crippen LogP contribution >= 0.6 is 0 Å². The molecule has 0 spiro atoms. The van der Waals surface area contributed by atoms with Crippen LogP contribution in [-0.4, -0.2) is 13.0 Å². The van der Waals surface area contributed by atoms with Crippen molar-refractivity contribution in [2.24, 2.45) is 12.2 Å². The van der Waals surface area contributed by atoms with Crippen molar-refractivity contribution in [3.05, 3.63) is 53.9 Å². The topological polar surface area (TPSA) is 77.1 Å². The molecule has 0 bridgehead atoms. The maximum Gasteiger partial charge on any atom is 0.238 e. The third kappa shape index (κ3) is 3.66. The summed E-state index contributed by atoms with van der Waals surface area (Å²) in [7, 11) is -1.61. The van der Waals surface area contributed by atoms with E-state index in [4.69, 9.17) is 5.14 Å². The Bertz CT molecular complexity index is 645. The van der Waals surface area contributed by atoms with E-state index in [1.165, 1.54) is 17.8 Å². The van der Waals surface area contributed by atoms with Gasteiger partial charge in [0, 0.05) is 32.0 Å². The van der Waals surface area contributed by atoms with Crippen molar-refractivity contribution in [1.82, 2.24) is 9.88 Å². The van der Waals surface area contributed by atoms with Gasteiger partial charge in [-0.1, -0.05) is 12.1 Å². The number of sulfonamides is 1. The minimum absolute atomic E-state index is 0.138. The van der Waals surface area contributed by atoms with Gasteiger partial charge in [0.2, 0.25) is 10.0 Å². The summed E-state index contributed by atoms with van der Waals surface area (Å²) in [5.41, 5.74) is 2.21. The van der Waals surface area contributed by atoms with E-state index in [-0.39, 0.29) is 4.90 Å². The van der Waals surface area contributed by atoms with Crippen molar-refractivity contribution in [1.29, 1.82) is 0 Å². The van der Waals surface area contributed by atoms with Crippen LogP contribution in [0.2, 0.25) is 0 Å². The maximum absolute atomic E-state index is 11.1. The SMILES string of the molecule is Cn1cccc1CNCc1ccc(S(N)(=O)=O)cc1. The van der Waals surface area contributed by atoms with Gasteiger partial charge in [0.15, 0.2) is 0 Å². The fourth-order valence-electron chi connectivity index (χ4n) is 1.81. The highest BCUT2D eigenvalue weighted by atomic mass is 32.2. The largest absolute Gasteiger partial charge is 0.353 e. The van der Waals surface area contributed by atoms with E-state index in [0.717, 1.165) is 12.1 Å². The third-order valence-corrected chi connectivity index (χ3v) is 3.87. The Hall–Kier alpha value is -1.63. The second-order valence-corrected chi connectivity index (χ2v) is 5.96. The molecule has 1 heterocycles. The minimum atomic E-state index is -3.60. The summed E-state index contributed by atoms with van der Waals surface area (Å²) in [5.74, 6) is 0. The number of nitrogens with two attached hydrogens (primary N) is 1. The molecule has 0 radical (unpaired) electrons. The van der Waals surface area contributed by atoms with Gasteiger partial charge >= 0.3 is 0 Å². The minimum Gasteiger partial charge on any atom is -0.353 e. The van der Waals surface area contributed by atoms with Crippen molar-refractivity contribution >= 4 is 10.0 Å². The van der Waals surface area contributed by atoms with Gasteiger partial charge in [0.1, 0.15) is 0 Å². The van der Waals surface area contributed by atoms with Crippen LogP contribution < -0.4 is 10.5 Å². The number of aromatic nitrogens is 1. The van der Waals surface area contributed by atoms with E-state index in [1.807, 2.05) is 19.3 Å². The number of aryl methyl sites for hydroxylation is 1. The zero-order chi connectivity index (χ0) is 13.9. The highest BCUT2D eigenvalue weighted by Gasteiger charge is 2.06. The van der Waals surface area contributed by atoms with Crippen LogP contribution in [0, 0.1) is 0 Å². The van der Waals surface area contributed by atoms with E-state index in [2.05, 4.69) is 16.0 Å². The Labute approximate surface area is 113 Å². The highest BCUT2D eigenvalue weighted by molar-refractivity contribution is 7.89. The van der Waals surface area contributed by atoms with Gasteiger partial charge in [0.25, 0.3) is 0 Å². The van der Waals surface area contributed by atoms with E-state index >= 15 is 0 Å². The first-order chi connectivity index (χ1) is 8.97. The predicted molar refractivity (Wildman–Crippen MR) is 73.8 cm³/mol. The molecule has 1 aromatic carbocycles. The van der Waals surface area contributed by atoms with Crippen molar-refractivity contribution in [2.45, 2.75) is 18.0 Å². The van der Waals surface area contributed by atoms with Crippen molar-refractivity contribution in [3.63, 3.8) is 0 Å². The van der Waals surface area contributed by atoms with Crippen molar-refractivity contribution in [3.8, 4) is 0 Å². The van der Waals surface area contributed by atoms with E-state index in [9.17, 15) is 8.42 Å². The number of primary sulfonamides is 1. The highest BCUT2D eigenvalue weighted by Crippen LogP contribution is 2.08. The van der Waals surface area contributed by atoms with Crippen LogP contribution in [0.3, 0.4) is 0 Å². The summed E-state index contributed by atoms with van der Waals surface area (Å²) in [4.78, 5) is 0.138. The molecule has 0 aliphatic rings. The monoisotopic (exact) mass is 279 g/mol. The predicted octanol–water partition coefficient (Wildman–Crippen LogP) is 0.962. The molecule has 0 atom stereocenters. The molecule has 3 N–H and O–H groups in total. The summed E-state index contributed by atoms with van der Waals surface area (Å²) in [6, 6.07) is 10.6. The fraction of sp³-hybridized carbons (Fsp3) is 0.231. The van der Waals surface area contributed by atoms with Crippen LogP contribution in [0.1, 0.15) is 11.3 Å². The van der Waals surface area contributed by atoms with Gasteiger partial charge in [-0.05, 0) is 29.8 Å². The van der Waals surface area contributed by atoms with Gasteiger partial charge in [-0.3, -0.25) is 0 Å². The first kappa shape index (κ1) is 13.8. The molecule has 2 rings (SSSR count). The fourth-order valence-corrected chi connectivity index (χ4v) is 2.33. The van der Waals surface area contributed by atoms with E-state index in [1.54, 1.807) is 12.1 Å². The Balaban J connectivity index is 1.92. The molecule has 0 amide bonds. The molecule has 5 nitrogen and oxygen atoms in total. The number of rotatable bonds is 5. The average molecular weight is 279 g/mol. The number of nitrogens with zero attached hydrogens (tertiary/aromatic N) is 1. The zero-order valence-electron chi connectivity index (χ0n) is 10.7. The molecular formula is C13H17N3O2S. The number of nitrogens with one attached hydrogen (secondary N) is 1. The summed E-state index contributed by atoms with van der Waals surface area (Å²) >= 11 is 0. The third-order valence-electron chi connectivity index (χ3n) is 2.94. The smallest absolute Gasteiger partial charge is 0.238 e. The van der Waals surface area contributed by atoms with Gasteiger partial charge in [-0.25, -0.2) is 13.6 Å². The van der Waals surface area contributed by atoms with Gasteiger partial charge in [0.05, 0.1) is 4.90 Å². The molecule has 0 aliphatic carbocycles. The Kier molecular flexibility index (Phi) is 4.04. The van der Waals surface area contributed by atoms with Gasteiger partial charge in [-0.2, -0.15) is 0 Å². The maximum atomic E-state index is 11.1. The lowest BCUT2D eigenvalue weighted by atomic mass is 10.2. The average Bonchev–Trinajstić information content (AvgIpc) is 2.75. The van der Waals surface area contributed by atoms with Crippen LogP contribution in [0.25, 0.3) is 0 Å². The Morgan fingerprint density at radius 2 is 1.84 bits per heavy atom. The summed E-state index contributed by atoms with van der Waals surface area (Å²) in [6.07, 6.45) is 2.00. The van der Waals surface area contributed by atoms with Crippen LogP contribution in [0.4, 0.5) is 0 Å². The van der Waals surface area contributed by atoms with Crippen LogP contribution in [0.15, 0.2) is 47.5 Å². The van der Waals surface area contributed by atoms with E-state index in [0.29, 0.717) is 6.54 Å². The molecule has 1 aromatic heterocycles. The molecule has 2 aromatic rings. The van der Waals surface area contributed by atoms with Crippen LogP contribution in [-0.2, 0) is 30.2 Å². The normalized spacial score (nSPS) is 11.7. The lowest BCUT2D eigenvalue weighted by molar-refractivity contribution is 0.597. The van der Waals surface area contributed by atoms with Gasteiger partial charge < -0.3 is 9.88 Å². The Morgan fingerprint density at radius 1 is 1.16 bits per heavy atom. The Morgan fingerprint density at radius 3 is 2.37 bits per heavy atom. The van der Waals surface area contributed by atoms with Crippen LogP contribution in [0.5, 0.6) is 0 Å². The second-order valence-electron chi connectivity index (χ2n) is 4.40.